The lowest BCUT2D eigenvalue weighted by molar-refractivity contribution is 0.598. The quantitative estimate of drug-likeness (QED) is 0.559. The number of pyridine rings is 1. The fourth-order valence-corrected chi connectivity index (χ4v) is 3.14. The van der Waals surface area contributed by atoms with E-state index in [-0.39, 0.29) is 22.0 Å². The summed E-state index contributed by atoms with van der Waals surface area (Å²) < 4.78 is 27.7. The highest BCUT2D eigenvalue weighted by atomic mass is 79.9. The summed E-state index contributed by atoms with van der Waals surface area (Å²) >= 11 is 3.23. The summed E-state index contributed by atoms with van der Waals surface area (Å²) in [4.78, 5) is 3.81. The number of hydrogen-bond donors (Lipinski definition) is 3. The third-order valence-corrected chi connectivity index (χ3v) is 4.34. The Morgan fingerprint density at radius 3 is 2.71 bits per heavy atom. The van der Waals surface area contributed by atoms with Crippen molar-refractivity contribution in [2.75, 3.05) is 10.1 Å². The van der Waals surface area contributed by atoms with Crippen LogP contribution in [0.1, 0.15) is 5.56 Å². The molecule has 1 aromatic carbocycles. The third kappa shape index (κ3) is 3.30. The summed E-state index contributed by atoms with van der Waals surface area (Å²) in [6.07, 6.45) is 1.33. The number of nitrogen functional groups attached to an aromatic ring is 1. The first kappa shape index (κ1) is 15.2. The van der Waals surface area contributed by atoms with Crippen LogP contribution in [-0.4, -0.2) is 13.4 Å². The molecular formula is C12H10BrN5O2S. The van der Waals surface area contributed by atoms with E-state index in [0.717, 1.165) is 0 Å². The van der Waals surface area contributed by atoms with Crippen LogP contribution in [0.2, 0.25) is 0 Å². The number of nitrogens with two attached hydrogens (primary N) is 1. The predicted molar refractivity (Wildman–Crippen MR) is 81.7 cm³/mol. The summed E-state index contributed by atoms with van der Waals surface area (Å²) in [5.74, 6) is 5.28. The van der Waals surface area contributed by atoms with Crippen molar-refractivity contribution in [3.63, 3.8) is 0 Å². The molecule has 4 N–H and O–H groups in total. The minimum absolute atomic E-state index is 0.151. The average molecular weight is 368 g/mol. The molecule has 0 saturated carbocycles. The summed E-state index contributed by atoms with van der Waals surface area (Å²) in [6, 6.07) is 9.59. The number of anilines is 2. The molecule has 0 aliphatic rings. The molecule has 1 heterocycles. The molecule has 2 rings (SSSR count). The van der Waals surface area contributed by atoms with E-state index in [1.165, 1.54) is 24.4 Å². The Morgan fingerprint density at radius 2 is 2.05 bits per heavy atom. The van der Waals surface area contributed by atoms with E-state index in [1.54, 1.807) is 12.1 Å². The third-order valence-electron chi connectivity index (χ3n) is 2.53. The van der Waals surface area contributed by atoms with Gasteiger partial charge < -0.3 is 5.43 Å². The lowest BCUT2D eigenvalue weighted by Gasteiger charge is -2.11. The van der Waals surface area contributed by atoms with Crippen molar-refractivity contribution < 1.29 is 8.42 Å². The fraction of sp³-hybridized carbons (Fsp3) is 0. The molecule has 9 heteroatoms. The Kier molecular flexibility index (Phi) is 4.42. The molecule has 0 aliphatic heterocycles. The smallest absolute Gasteiger partial charge is 0.281 e. The van der Waals surface area contributed by atoms with E-state index >= 15 is 0 Å². The first-order valence-corrected chi connectivity index (χ1v) is 7.89. The van der Waals surface area contributed by atoms with Gasteiger partial charge in [-0.15, -0.1) is 0 Å². The number of nitrogens with one attached hydrogen (secondary N) is 2. The predicted octanol–water partition coefficient (Wildman–Crippen LogP) is 1.80. The number of halogens is 1. The molecule has 0 atom stereocenters. The first-order chi connectivity index (χ1) is 9.97. The van der Waals surface area contributed by atoms with Crippen LogP contribution in [0.25, 0.3) is 0 Å². The summed E-state index contributed by atoms with van der Waals surface area (Å²) in [6.45, 7) is 0. The van der Waals surface area contributed by atoms with Gasteiger partial charge in [-0.3, -0.25) is 10.6 Å². The van der Waals surface area contributed by atoms with Crippen molar-refractivity contribution in [2.45, 2.75) is 5.03 Å². The SMILES string of the molecule is N#Cc1ccc(Br)cc1NS(=O)(=O)c1ncccc1NN. The van der Waals surface area contributed by atoms with Gasteiger partial charge >= 0.3 is 0 Å². The Labute approximate surface area is 130 Å². The molecular weight excluding hydrogens is 358 g/mol. The number of sulfonamides is 1. The Balaban J connectivity index is 2.48. The van der Waals surface area contributed by atoms with Gasteiger partial charge in [0.05, 0.1) is 16.9 Å². The van der Waals surface area contributed by atoms with Crippen LogP contribution < -0.4 is 16.0 Å². The number of nitrogens with zero attached hydrogens (tertiary/aromatic N) is 2. The highest BCUT2D eigenvalue weighted by Crippen LogP contribution is 2.25. The molecule has 2 aromatic rings. The van der Waals surface area contributed by atoms with Gasteiger partial charge in [-0.05, 0) is 30.3 Å². The van der Waals surface area contributed by atoms with Crippen molar-refractivity contribution in [2.24, 2.45) is 5.84 Å². The molecule has 108 valence electrons. The average Bonchev–Trinajstić information content (AvgIpc) is 2.47. The van der Waals surface area contributed by atoms with E-state index in [0.29, 0.717) is 4.47 Å². The second-order valence-corrected chi connectivity index (χ2v) is 6.42. The van der Waals surface area contributed by atoms with E-state index in [9.17, 15) is 8.42 Å². The van der Waals surface area contributed by atoms with Gasteiger partial charge in [-0.25, -0.2) is 4.98 Å². The van der Waals surface area contributed by atoms with Crippen LogP contribution in [0.4, 0.5) is 11.4 Å². The molecule has 0 aliphatic carbocycles. The molecule has 1 aromatic heterocycles. The second-order valence-electron chi connectivity index (χ2n) is 3.91. The van der Waals surface area contributed by atoms with Gasteiger partial charge in [0.1, 0.15) is 6.07 Å². The zero-order chi connectivity index (χ0) is 15.5. The number of hydrazine groups is 1. The minimum atomic E-state index is -3.98. The highest BCUT2D eigenvalue weighted by molar-refractivity contribution is 9.10. The molecule has 0 amide bonds. The standard InChI is InChI=1S/C12H10BrN5O2S/c13-9-4-3-8(7-14)11(6-9)18-21(19,20)12-10(17-15)2-1-5-16-12/h1-6,17-18H,15H2. The van der Waals surface area contributed by atoms with Crippen LogP contribution >= 0.6 is 15.9 Å². The maximum Gasteiger partial charge on any atom is 0.281 e. The number of rotatable bonds is 4. The van der Waals surface area contributed by atoms with Crippen LogP contribution in [0.15, 0.2) is 46.0 Å². The van der Waals surface area contributed by atoms with Crippen LogP contribution in [0, 0.1) is 11.3 Å². The zero-order valence-electron chi connectivity index (χ0n) is 10.5. The lowest BCUT2D eigenvalue weighted by Crippen LogP contribution is -2.19. The van der Waals surface area contributed by atoms with Crippen LogP contribution in [0.3, 0.4) is 0 Å². The molecule has 0 fully saturated rings. The van der Waals surface area contributed by atoms with E-state index < -0.39 is 10.0 Å². The van der Waals surface area contributed by atoms with Gasteiger partial charge in [0.15, 0.2) is 0 Å². The maximum absolute atomic E-state index is 12.4. The Bertz CT molecular complexity index is 817. The summed E-state index contributed by atoms with van der Waals surface area (Å²) in [5.41, 5.74) is 2.77. The molecule has 0 radical (unpaired) electrons. The topological polar surface area (TPSA) is 121 Å². The molecule has 0 spiro atoms. The number of hydrogen-bond acceptors (Lipinski definition) is 6. The van der Waals surface area contributed by atoms with Gasteiger partial charge in [0.25, 0.3) is 10.0 Å². The summed E-state index contributed by atoms with van der Waals surface area (Å²) in [5, 5.41) is 8.78. The van der Waals surface area contributed by atoms with Gasteiger partial charge in [0, 0.05) is 10.7 Å². The lowest BCUT2D eigenvalue weighted by atomic mass is 10.2. The van der Waals surface area contributed by atoms with Crippen molar-refractivity contribution >= 4 is 37.3 Å². The van der Waals surface area contributed by atoms with Crippen molar-refractivity contribution in [1.82, 2.24) is 4.98 Å². The highest BCUT2D eigenvalue weighted by Gasteiger charge is 2.21. The molecule has 7 nitrogen and oxygen atoms in total. The molecule has 0 saturated heterocycles. The Hall–Kier alpha value is -2.15. The van der Waals surface area contributed by atoms with Gasteiger partial charge in [-0.2, -0.15) is 13.7 Å². The van der Waals surface area contributed by atoms with Crippen molar-refractivity contribution in [1.29, 1.82) is 5.26 Å². The van der Waals surface area contributed by atoms with E-state index in [4.69, 9.17) is 11.1 Å². The summed E-state index contributed by atoms with van der Waals surface area (Å²) in [7, 11) is -3.98. The van der Waals surface area contributed by atoms with Crippen molar-refractivity contribution in [3.8, 4) is 6.07 Å². The van der Waals surface area contributed by atoms with E-state index in [1.807, 2.05) is 6.07 Å². The van der Waals surface area contributed by atoms with Gasteiger partial charge in [-0.1, -0.05) is 15.9 Å². The molecule has 0 bridgehead atoms. The fourth-order valence-electron chi connectivity index (χ4n) is 1.61. The maximum atomic E-state index is 12.4. The zero-order valence-corrected chi connectivity index (χ0v) is 12.9. The first-order valence-electron chi connectivity index (χ1n) is 5.62. The number of nitriles is 1. The van der Waals surface area contributed by atoms with E-state index in [2.05, 4.69) is 31.1 Å². The number of benzene rings is 1. The molecule has 21 heavy (non-hydrogen) atoms. The molecule has 0 unspecified atom stereocenters. The van der Waals surface area contributed by atoms with Gasteiger partial charge in [0.2, 0.25) is 5.03 Å². The Morgan fingerprint density at radius 1 is 1.29 bits per heavy atom. The van der Waals surface area contributed by atoms with Crippen LogP contribution in [0.5, 0.6) is 0 Å². The van der Waals surface area contributed by atoms with Crippen molar-refractivity contribution in [3.05, 3.63) is 46.6 Å². The van der Waals surface area contributed by atoms with Crippen LogP contribution in [-0.2, 0) is 10.0 Å². The monoisotopic (exact) mass is 367 g/mol. The normalized spacial score (nSPS) is 10.7. The minimum Gasteiger partial charge on any atom is -0.321 e. The number of aromatic nitrogens is 1. The largest absolute Gasteiger partial charge is 0.321 e. The second kappa shape index (κ2) is 6.09.